The second kappa shape index (κ2) is 7.66. The van der Waals surface area contributed by atoms with Crippen LogP contribution in [0.5, 0.6) is 0 Å². The Labute approximate surface area is 143 Å². The minimum atomic E-state index is 0.265. The van der Waals surface area contributed by atoms with Crippen LogP contribution in [0.4, 0.5) is 0 Å². The summed E-state index contributed by atoms with van der Waals surface area (Å²) >= 11 is 6.06. The highest BCUT2D eigenvalue weighted by Crippen LogP contribution is 2.30. The predicted octanol–water partition coefficient (Wildman–Crippen LogP) is 3.68. The van der Waals surface area contributed by atoms with Crippen molar-refractivity contribution in [1.29, 1.82) is 0 Å². The molecule has 0 bridgehead atoms. The number of hydrogen-bond donors (Lipinski definition) is 0. The number of piperazine rings is 1. The fourth-order valence-electron chi connectivity index (χ4n) is 3.20. The quantitative estimate of drug-likeness (QED) is 0.792. The van der Waals surface area contributed by atoms with Gasteiger partial charge in [-0.15, -0.1) is 6.42 Å². The number of hydrogen-bond acceptors (Lipinski definition) is 2. The number of rotatable bonds is 4. The number of terminal acetylenes is 1. The fraction of sp³-hybridized carbons (Fsp3) is 0.300. The lowest BCUT2D eigenvalue weighted by Gasteiger charge is -2.39. The van der Waals surface area contributed by atoms with Crippen molar-refractivity contribution < 1.29 is 0 Å². The Balaban J connectivity index is 1.85. The highest BCUT2D eigenvalue weighted by Gasteiger charge is 2.25. The van der Waals surface area contributed by atoms with Crippen molar-refractivity contribution >= 4 is 11.6 Å². The monoisotopic (exact) mass is 324 g/mol. The molecule has 2 aromatic rings. The van der Waals surface area contributed by atoms with Crippen LogP contribution in [0.25, 0.3) is 0 Å². The Kier molecular flexibility index (Phi) is 5.35. The summed E-state index contributed by atoms with van der Waals surface area (Å²) in [6.45, 7) is 4.81. The van der Waals surface area contributed by atoms with Crippen molar-refractivity contribution in [2.24, 2.45) is 0 Å². The van der Waals surface area contributed by atoms with Crippen LogP contribution in [0.2, 0.25) is 5.02 Å². The second-order valence-corrected chi connectivity index (χ2v) is 6.32. The molecule has 0 spiro atoms. The Morgan fingerprint density at radius 3 is 2.13 bits per heavy atom. The molecule has 0 unspecified atom stereocenters. The van der Waals surface area contributed by atoms with Gasteiger partial charge in [-0.05, 0) is 23.3 Å². The van der Waals surface area contributed by atoms with Crippen LogP contribution in [0.15, 0.2) is 54.6 Å². The SMILES string of the molecule is C#CCN1CCN([C@H](c2ccccc2)c2ccc(Cl)cc2)CC1. The van der Waals surface area contributed by atoms with E-state index in [1.165, 1.54) is 11.1 Å². The Bertz CT molecular complexity index is 652. The minimum Gasteiger partial charge on any atom is -0.290 e. The molecule has 0 aliphatic carbocycles. The van der Waals surface area contributed by atoms with E-state index in [2.05, 4.69) is 58.2 Å². The molecule has 3 heteroatoms. The van der Waals surface area contributed by atoms with E-state index in [0.29, 0.717) is 0 Å². The minimum absolute atomic E-state index is 0.265. The van der Waals surface area contributed by atoms with Gasteiger partial charge in [0.15, 0.2) is 0 Å². The summed E-state index contributed by atoms with van der Waals surface area (Å²) in [7, 11) is 0. The van der Waals surface area contributed by atoms with E-state index in [4.69, 9.17) is 18.0 Å². The summed E-state index contributed by atoms with van der Waals surface area (Å²) in [4.78, 5) is 4.87. The first-order chi connectivity index (χ1) is 11.3. The Hall–Kier alpha value is -1.79. The van der Waals surface area contributed by atoms with Crippen molar-refractivity contribution in [1.82, 2.24) is 9.80 Å². The van der Waals surface area contributed by atoms with Crippen molar-refractivity contribution in [3.63, 3.8) is 0 Å². The molecule has 0 radical (unpaired) electrons. The van der Waals surface area contributed by atoms with Crippen molar-refractivity contribution in [2.75, 3.05) is 32.7 Å². The van der Waals surface area contributed by atoms with E-state index in [1.54, 1.807) is 0 Å². The van der Waals surface area contributed by atoms with Crippen molar-refractivity contribution in [2.45, 2.75) is 6.04 Å². The molecular formula is C20H21ClN2. The highest BCUT2D eigenvalue weighted by atomic mass is 35.5. The predicted molar refractivity (Wildman–Crippen MR) is 96.6 cm³/mol. The molecule has 0 N–H and O–H groups in total. The average molecular weight is 325 g/mol. The first-order valence-corrected chi connectivity index (χ1v) is 8.36. The van der Waals surface area contributed by atoms with Crippen LogP contribution in [0.3, 0.4) is 0 Å². The van der Waals surface area contributed by atoms with Gasteiger partial charge >= 0.3 is 0 Å². The summed E-state index contributed by atoms with van der Waals surface area (Å²) in [5.41, 5.74) is 2.60. The molecule has 118 valence electrons. The molecular weight excluding hydrogens is 304 g/mol. The van der Waals surface area contributed by atoms with E-state index in [0.717, 1.165) is 37.7 Å². The van der Waals surface area contributed by atoms with E-state index in [-0.39, 0.29) is 6.04 Å². The molecule has 1 aliphatic rings. The van der Waals surface area contributed by atoms with Crippen LogP contribution in [0.1, 0.15) is 17.2 Å². The van der Waals surface area contributed by atoms with Gasteiger partial charge in [0.1, 0.15) is 0 Å². The maximum absolute atomic E-state index is 6.06. The van der Waals surface area contributed by atoms with Gasteiger partial charge in [-0.2, -0.15) is 0 Å². The van der Waals surface area contributed by atoms with Gasteiger partial charge in [-0.3, -0.25) is 9.80 Å². The standard InChI is InChI=1S/C20H21ClN2/c1-2-12-22-13-15-23(16-14-22)20(17-6-4-3-5-7-17)18-8-10-19(21)11-9-18/h1,3-11,20H,12-16H2/t20-/m1/s1. The van der Waals surface area contributed by atoms with Gasteiger partial charge in [0.2, 0.25) is 0 Å². The van der Waals surface area contributed by atoms with Crippen LogP contribution in [-0.2, 0) is 0 Å². The second-order valence-electron chi connectivity index (χ2n) is 5.88. The first kappa shape index (κ1) is 16.1. The largest absolute Gasteiger partial charge is 0.290 e. The third-order valence-corrected chi connectivity index (χ3v) is 4.64. The summed E-state index contributed by atoms with van der Waals surface area (Å²) in [5, 5.41) is 0.777. The van der Waals surface area contributed by atoms with Crippen molar-refractivity contribution in [3.05, 3.63) is 70.7 Å². The molecule has 1 fully saturated rings. The highest BCUT2D eigenvalue weighted by molar-refractivity contribution is 6.30. The third-order valence-electron chi connectivity index (χ3n) is 4.39. The smallest absolute Gasteiger partial charge is 0.0602 e. The van der Waals surface area contributed by atoms with Gasteiger partial charge in [0.25, 0.3) is 0 Å². The van der Waals surface area contributed by atoms with Crippen molar-refractivity contribution in [3.8, 4) is 12.3 Å². The van der Waals surface area contributed by atoms with E-state index < -0.39 is 0 Å². The molecule has 3 rings (SSSR count). The zero-order valence-electron chi connectivity index (χ0n) is 13.2. The number of halogens is 1. The van der Waals surface area contributed by atoms with E-state index in [9.17, 15) is 0 Å². The van der Waals surface area contributed by atoms with Gasteiger partial charge in [-0.25, -0.2) is 0 Å². The van der Waals surface area contributed by atoms with Crippen LogP contribution < -0.4 is 0 Å². The molecule has 1 saturated heterocycles. The molecule has 23 heavy (non-hydrogen) atoms. The fourth-order valence-corrected chi connectivity index (χ4v) is 3.33. The number of nitrogens with zero attached hydrogens (tertiary/aromatic N) is 2. The van der Waals surface area contributed by atoms with Gasteiger partial charge < -0.3 is 0 Å². The van der Waals surface area contributed by atoms with E-state index in [1.807, 2.05) is 12.1 Å². The molecule has 1 aliphatic heterocycles. The molecule has 0 saturated carbocycles. The maximum Gasteiger partial charge on any atom is 0.0602 e. The summed E-state index contributed by atoms with van der Waals surface area (Å²) < 4.78 is 0. The third kappa shape index (κ3) is 3.95. The molecule has 2 nitrogen and oxygen atoms in total. The van der Waals surface area contributed by atoms with Gasteiger partial charge in [-0.1, -0.05) is 60.0 Å². The first-order valence-electron chi connectivity index (χ1n) is 7.98. The van der Waals surface area contributed by atoms with Crippen LogP contribution in [-0.4, -0.2) is 42.5 Å². The molecule has 0 amide bonds. The molecule has 0 aromatic heterocycles. The summed E-state index contributed by atoms with van der Waals surface area (Å²) in [5.74, 6) is 2.74. The maximum atomic E-state index is 6.06. The van der Waals surface area contributed by atoms with Gasteiger partial charge in [0, 0.05) is 31.2 Å². The molecule has 1 atom stereocenters. The summed E-state index contributed by atoms with van der Waals surface area (Å²) in [6.07, 6.45) is 5.43. The number of benzene rings is 2. The summed E-state index contributed by atoms with van der Waals surface area (Å²) in [6, 6.07) is 19.2. The lowest BCUT2D eigenvalue weighted by atomic mass is 9.96. The topological polar surface area (TPSA) is 6.48 Å². The average Bonchev–Trinajstić information content (AvgIpc) is 2.60. The normalized spacial score (nSPS) is 17.6. The zero-order chi connectivity index (χ0) is 16.1. The molecule has 2 aromatic carbocycles. The lowest BCUT2D eigenvalue weighted by Crippen LogP contribution is -2.47. The van der Waals surface area contributed by atoms with Gasteiger partial charge in [0.05, 0.1) is 12.6 Å². The Morgan fingerprint density at radius 1 is 0.913 bits per heavy atom. The van der Waals surface area contributed by atoms with Crippen LogP contribution in [0, 0.1) is 12.3 Å². The zero-order valence-corrected chi connectivity index (χ0v) is 13.9. The van der Waals surface area contributed by atoms with Crippen LogP contribution >= 0.6 is 11.6 Å². The molecule has 1 heterocycles. The lowest BCUT2D eigenvalue weighted by molar-refractivity contribution is 0.119. The van der Waals surface area contributed by atoms with E-state index >= 15 is 0 Å². The Morgan fingerprint density at radius 2 is 1.52 bits per heavy atom.